The number of hydrogen-bond acceptors (Lipinski definition) is 3. The zero-order valence-corrected chi connectivity index (χ0v) is 12.5. The Hall–Kier alpha value is -1.65. The predicted octanol–water partition coefficient (Wildman–Crippen LogP) is 2.48. The molecule has 4 heteroatoms. The van der Waals surface area contributed by atoms with Crippen molar-refractivity contribution in [3.05, 3.63) is 47.5 Å². The summed E-state index contributed by atoms with van der Waals surface area (Å²) in [6.07, 6.45) is 4.81. The summed E-state index contributed by atoms with van der Waals surface area (Å²) >= 11 is 0. The smallest absolute Gasteiger partial charge is 0.112 e. The van der Waals surface area contributed by atoms with E-state index in [1.165, 1.54) is 16.8 Å². The molecule has 0 fully saturated rings. The van der Waals surface area contributed by atoms with Crippen molar-refractivity contribution in [3.8, 4) is 5.69 Å². The molecule has 2 aromatic rings. The van der Waals surface area contributed by atoms with Crippen molar-refractivity contribution in [1.29, 1.82) is 0 Å². The zero-order valence-electron chi connectivity index (χ0n) is 12.5. The van der Waals surface area contributed by atoms with Gasteiger partial charge in [-0.15, -0.1) is 0 Å². The van der Waals surface area contributed by atoms with Gasteiger partial charge in [-0.05, 0) is 30.2 Å². The summed E-state index contributed by atoms with van der Waals surface area (Å²) in [5, 5.41) is 3.38. The van der Waals surface area contributed by atoms with Gasteiger partial charge in [0.05, 0.1) is 6.61 Å². The lowest BCUT2D eigenvalue weighted by molar-refractivity contribution is 0.199. The number of imidazole rings is 1. The maximum atomic E-state index is 5.03. The van der Waals surface area contributed by atoms with E-state index < -0.39 is 0 Å². The average molecular weight is 273 g/mol. The van der Waals surface area contributed by atoms with E-state index >= 15 is 0 Å². The van der Waals surface area contributed by atoms with Crippen molar-refractivity contribution in [2.45, 2.75) is 26.8 Å². The topological polar surface area (TPSA) is 39.1 Å². The van der Waals surface area contributed by atoms with E-state index in [9.17, 15) is 0 Å². The first kappa shape index (κ1) is 14.8. The number of nitrogens with one attached hydrogen (secondary N) is 1. The molecule has 108 valence electrons. The van der Waals surface area contributed by atoms with E-state index in [4.69, 9.17) is 4.74 Å². The lowest BCUT2D eigenvalue weighted by atomic mass is 10.1. The van der Waals surface area contributed by atoms with E-state index in [0.717, 1.165) is 31.9 Å². The number of aryl methyl sites for hydroxylation is 2. The van der Waals surface area contributed by atoms with Gasteiger partial charge >= 0.3 is 0 Å². The summed E-state index contributed by atoms with van der Waals surface area (Å²) in [5.74, 6) is 1.09. The fourth-order valence-electron chi connectivity index (χ4n) is 2.26. The van der Waals surface area contributed by atoms with E-state index in [0.29, 0.717) is 0 Å². The number of ether oxygens (including phenoxy) is 1. The minimum absolute atomic E-state index is 0.742. The van der Waals surface area contributed by atoms with Crippen LogP contribution in [0.4, 0.5) is 0 Å². The van der Waals surface area contributed by atoms with Crippen LogP contribution in [-0.4, -0.2) is 29.8 Å². The van der Waals surface area contributed by atoms with Crippen LogP contribution in [0, 0.1) is 6.92 Å². The molecule has 4 nitrogen and oxygen atoms in total. The Kier molecular flexibility index (Phi) is 5.32. The Labute approximate surface area is 120 Å². The van der Waals surface area contributed by atoms with Gasteiger partial charge in [0.25, 0.3) is 0 Å². The molecule has 0 radical (unpaired) electrons. The summed E-state index contributed by atoms with van der Waals surface area (Å²) in [5.41, 5.74) is 3.80. The molecule has 0 atom stereocenters. The quantitative estimate of drug-likeness (QED) is 0.788. The van der Waals surface area contributed by atoms with Crippen molar-refractivity contribution in [2.75, 3.05) is 20.3 Å². The molecule has 1 heterocycles. The number of rotatable bonds is 7. The molecule has 0 saturated heterocycles. The third kappa shape index (κ3) is 3.46. The molecule has 1 aromatic heterocycles. The van der Waals surface area contributed by atoms with Crippen molar-refractivity contribution in [2.24, 2.45) is 0 Å². The number of hydrogen-bond donors (Lipinski definition) is 1. The molecule has 0 aliphatic heterocycles. The number of benzene rings is 1. The van der Waals surface area contributed by atoms with Gasteiger partial charge in [-0.1, -0.05) is 13.0 Å². The Balaban J connectivity index is 2.09. The molecular weight excluding hydrogens is 250 g/mol. The second-order valence-corrected chi connectivity index (χ2v) is 4.85. The van der Waals surface area contributed by atoms with Crippen LogP contribution in [0.2, 0.25) is 0 Å². The highest BCUT2D eigenvalue weighted by atomic mass is 16.5. The Bertz CT molecular complexity index is 548. The Morgan fingerprint density at radius 1 is 1.35 bits per heavy atom. The zero-order chi connectivity index (χ0) is 14.4. The predicted molar refractivity (Wildman–Crippen MR) is 81.3 cm³/mol. The van der Waals surface area contributed by atoms with Gasteiger partial charge < -0.3 is 14.6 Å². The van der Waals surface area contributed by atoms with E-state index in [-0.39, 0.29) is 0 Å². The average Bonchev–Trinajstić information content (AvgIpc) is 2.93. The number of nitrogens with zero attached hydrogens (tertiary/aromatic N) is 2. The monoisotopic (exact) mass is 273 g/mol. The van der Waals surface area contributed by atoms with Crippen molar-refractivity contribution < 1.29 is 4.74 Å². The van der Waals surface area contributed by atoms with Crippen LogP contribution in [0.25, 0.3) is 5.69 Å². The highest BCUT2D eigenvalue weighted by Crippen LogP contribution is 2.16. The first-order valence-electron chi connectivity index (χ1n) is 7.08. The summed E-state index contributed by atoms with van der Waals surface area (Å²) in [6, 6.07) is 6.55. The van der Waals surface area contributed by atoms with E-state index in [1.54, 1.807) is 7.11 Å². The molecule has 0 unspecified atom stereocenters. The second-order valence-electron chi connectivity index (χ2n) is 4.85. The Morgan fingerprint density at radius 2 is 2.20 bits per heavy atom. The lowest BCUT2D eigenvalue weighted by Crippen LogP contribution is -2.19. The standard InChI is InChI=1S/C16H23N3O/c1-4-16-18-7-9-19(16)15-6-5-14(13(2)11-15)12-17-8-10-20-3/h5-7,9,11,17H,4,8,10,12H2,1-3H3. The second kappa shape index (κ2) is 7.22. The maximum Gasteiger partial charge on any atom is 0.112 e. The van der Waals surface area contributed by atoms with Crippen LogP contribution < -0.4 is 5.32 Å². The number of methoxy groups -OCH3 is 1. The minimum atomic E-state index is 0.742. The molecule has 2 rings (SSSR count). The minimum Gasteiger partial charge on any atom is -0.383 e. The summed E-state index contributed by atoms with van der Waals surface area (Å²) in [4.78, 5) is 4.37. The first-order chi connectivity index (χ1) is 9.76. The van der Waals surface area contributed by atoms with Crippen LogP contribution in [-0.2, 0) is 17.7 Å². The molecular formula is C16H23N3O. The fraction of sp³-hybridized carbons (Fsp3) is 0.438. The summed E-state index contributed by atoms with van der Waals surface area (Å²) < 4.78 is 7.18. The molecule has 0 aliphatic rings. The molecule has 0 amide bonds. The fourth-order valence-corrected chi connectivity index (χ4v) is 2.26. The highest BCUT2D eigenvalue weighted by Gasteiger charge is 2.05. The van der Waals surface area contributed by atoms with Crippen LogP contribution in [0.5, 0.6) is 0 Å². The third-order valence-electron chi connectivity index (χ3n) is 3.44. The third-order valence-corrected chi connectivity index (χ3v) is 3.44. The van der Waals surface area contributed by atoms with Crippen LogP contribution in [0.3, 0.4) is 0 Å². The molecule has 0 aliphatic carbocycles. The Morgan fingerprint density at radius 3 is 2.90 bits per heavy atom. The van der Waals surface area contributed by atoms with E-state index in [2.05, 4.69) is 46.9 Å². The first-order valence-corrected chi connectivity index (χ1v) is 7.08. The van der Waals surface area contributed by atoms with Crippen LogP contribution >= 0.6 is 0 Å². The molecule has 20 heavy (non-hydrogen) atoms. The van der Waals surface area contributed by atoms with Crippen molar-refractivity contribution in [3.63, 3.8) is 0 Å². The maximum absolute atomic E-state index is 5.03. The number of aromatic nitrogens is 2. The van der Waals surface area contributed by atoms with Gasteiger partial charge in [-0.2, -0.15) is 0 Å². The van der Waals surface area contributed by atoms with Crippen molar-refractivity contribution in [1.82, 2.24) is 14.9 Å². The highest BCUT2D eigenvalue weighted by molar-refractivity contribution is 5.41. The van der Waals surface area contributed by atoms with E-state index in [1.807, 2.05) is 12.4 Å². The van der Waals surface area contributed by atoms with Gasteiger partial charge in [-0.25, -0.2) is 4.98 Å². The summed E-state index contributed by atoms with van der Waals surface area (Å²) in [7, 11) is 1.72. The largest absolute Gasteiger partial charge is 0.383 e. The van der Waals surface area contributed by atoms with Gasteiger partial charge in [0.15, 0.2) is 0 Å². The molecule has 1 N–H and O–H groups in total. The summed E-state index contributed by atoms with van der Waals surface area (Å²) in [6.45, 7) is 6.77. The SMILES string of the molecule is CCc1nccn1-c1ccc(CNCCOC)c(C)c1. The molecule has 0 bridgehead atoms. The lowest BCUT2D eigenvalue weighted by Gasteiger charge is -2.12. The normalized spacial score (nSPS) is 10.9. The molecule has 0 spiro atoms. The van der Waals surface area contributed by atoms with Gasteiger partial charge in [0.1, 0.15) is 5.82 Å². The van der Waals surface area contributed by atoms with Crippen LogP contribution in [0.15, 0.2) is 30.6 Å². The van der Waals surface area contributed by atoms with Gasteiger partial charge in [0.2, 0.25) is 0 Å². The van der Waals surface area contributed by atoms with Crippen LogP contribution in [0.1, 0.15) is 23.9 Å². The van der Waals surface area contributed by atoms with Crippen molar-refractivity contribution >= 4 is 0 Å². The molecule has 0 saturated carbocycles. The molecule has 1 aromatic carbocycles. The van der Waals surface area contributed by atoms with Gasteiger partial charge in [0, 0.05) is 44.7 Å². The van der Waals surface area contributed by atoms with Gasteiger partial charge in [-0.3, -0.25) is 0 Å².